The summed E-state index contributed by atoms with van der Waals surface area (Å²) < 4.78 is 3.53. The summed E-state index contributed by atoms with van der Waals surface area (Å²) in [5.41, 5.74) is 0. The zero-order chi connectivity index (χ0) is 8.15. The highest BCUT2D eigenvalue weighted by molar-refractivity contribution is 14.1. The van der Waals surface area contributed by atoms with E-state index in [9.17, 15) is 9.59 Å². The number of carbonyl (C=O) groups excluding carboxylic acids is 2. The second kappa shape index (κ2) is 4.48. The molecule has 0 saturated carbocycles. The van der Waals surface area contributed by atoms with Crippen LogP contribution in [0.2, 0.25) is 0 Å². The first-order valence-electron chi connectivity index (χ1n) is 2.70. The number of nitrogens with one attached hydrogen (secondary N) is 1. The summed E-state index contributed by atoms with van der Waals surface area (Å²) >= 11 is 1.38. The topological polar surface area (TPSA) is 55.4 Å². The molecule has 0 aromatic rings. The van der Waals surface area contributed by atoms with Crippen LogP contribution in [-0.2, 0) is 4.74 Å². The molecule has 0 fully saturated rings. The number of carbonyl (C=O) groups is 2. The summed E-state index contributed by atoms with van der Waals surface area (Å²) in [5, 5.41) is 2.39. The van der Waals surface area contributed by atoms with E-state index in [0.29, 0.717) is 0 Å². The van der Waals surface area contributed by atoms with Crippen LogP contribution in [0, 0.1) is 0 Å². The van der Waals surface area contributed by atoms with Crippen LogP contribution < -0.4 is 5.32 Å². The molecule has 0 aliphatic heterocycles. The lowest BCUT2D eigenvalue weighted by atomic mass is 10.4. The maximum absolute atomic E-state index is 10.5. The van der Waals surface area contributed by atoms with Gasteiger partial charge in [0.15, 0.2) is 0 Å². The minimum absolute atomic E-state index is 0.0109. The Morgan fingerprint density at radius 3 is 2.30 bits per heavy atom. The molecule has 58 valence electrons. The van der Waals surface area contributed by atoms with Crippen molar-refractivity contribution in [1.82, 2.24) is 5.32 Å². The van der Waals surface area contributed by atoms with Gasteiger partial charge in [0.05, 0.1) is 22.6 Å². The summed E-state index contributed by atoms with van der Waals surface area (Å²) in [6.45, 7) is 3.55. The van der Waals surface area contributed by atoms with E-state index in [2.05, 4.69) is 10.1 Å². The molecule has 10 heavy (non-hydrogen) atoms. The van der Waals surface area contributed by atoms with Gasteiger partial charge in [0.25, 0.3) is 0 Å². The molecule has 0 radical (unpaired) electrons. The second-order valence-electron chi connectivity index (χ2n) is 1.93. The number of halogens is 1. The van der Waals surface area contributed by atoms with Gasteiger partial charge in [-0.25, -0.2) is 9.59 Å². The highest BCUT2D eigenvalue weighted by atomic mass is 127. The van der Waals surface area contributed by atoms with Gasteiger partial charge in [-0.05, 0) is 13.8 Å². The van der Waals surface area contributed by atoms with Crippen molar-refractivity contribution < 1.29 is 14.3 Å². The van der Waals surface area contributed by atoms with Gasteiger partial charge in [-0.1, -0.05) is 0 Å². The van der Waals surface area contributed by atoms with Crippen LogP contribution in [-0.4, -0.2) is 16.1 Å². The van der Waals surface area contributed by atoms with Gasteiger partial charge in [-0.3, -0.25) is 0 Å². The van der Waals surface area contributed by atoms with Crippen LogP contribution >= 0.6 is 22.6 Å². The van der Waals surface area contributed by atoms with Gasteiger partial charge < -0.3 is 10.1 Å². The molecule has 1 amide bonds. The lowest BCUT2D eigenvalue weighted by Crippen LogP contribution is -2.31. The number of rotatable bonds is 1. The summed E-state index contributed by atoms with van der Waals surface area (Å²) in [4.78, 5) is 20.6. The van der Waals surface area contributed by atoms with Crippen molar-refractivity contribution >= 4 is 32.7 Å². The Labute approximate surface area is 72.4 Å². The summed E-state index contributed by atoms with van der Waals surface area (Å²) in [5.74, 6) is 0. The standard InChI is InChI=1S/C5H8INO3/c1-3(2)7-5(9)10-4(6)8/h3H,1-2H3,(H,7,9). The van der Waals surface area contributed by atoms with Crippen molar-refractivity contribution in [3.8, 4) is 0 Å². The first-order valence-corrected chi connectivity index (χ1v) is 3.78. The van der Waals surface area contributed by atoms with Gasteiger partial charge in [-0.15, -0.1) is 0 Å². The van der Waals surface area contributed by atoms with Gasteiger partial charge in [-0.2, -0.15) is 0 Å². The number of amides is 1. The predicted molar refractivity (Wildman–Crippen MR) is 44.2 cm³/mol. The Kier molecular flexibility index (Phi) is 4.33. The summed E-state index contributed by atoms with van der Waals surface area (Å²) in [7, 11) is 0. The maximum atomic E-state index is 10.5. The van der Waals surface area contributed by atoms with E-state index in [1.54, 1.807) is 13.8 Å². The van der Waals surface area contributed by atoms with Crippen LogP contribution in [0.4, 0.5) is 9.59 Å². The van der Waals surface area contributed by atoms with E-state index in [4.69, 9.17) is 0 Å². The molecule has 0 aliphatic carbocycles. The molecule has 4 nitrogen and oxygen atoms in total. The van der Waals surface area contributed by atoms with E-state index in [-0.39, 0.29) is 6.04 Å². The van der Waals surface area contributed by atoms with E-state index < -0.39 is 10.1 Å². The van der Waals surface area contributed by atoms with E-state index >= 15 is 0 Å². The van der Waals surface area contributed by atoms with Crippen molar-refractivity contribution in [3.63, 3.8) is 0 Å². The lowest BCUT2D eigenvalue weighted by molar-refractivity contribution is 0.167. The molecule has 0 aromatic carbocycles. The monoisotopic (exact) mass is 257 g/mol. The molecule has 0 bridgehead atoms. The van der Waals surface area contributed by atoms with Crippen molar-refractivity contribution in [2.75, 3.05) is 0 Å². The molecule has 0 rings (SSSR count). The smallest absolute Gasteiger partial charge is 0.368 e. The maximum Gasteiger partial charge on any atom is 0.415 e. The molecule has 0 saturated heterocycles. The van der Waals surface area contributed by atoms with Gasteiger partial charge in [0.1, 0.15) is 0 Å². The average molecular weight is 257 g/mol. The molecule has 0 atom stereocenters. The Balaban J connectivity index is 3.54. The third-order valence-electron chi connectivity index (χ3n) is 0.579. The SMILES string of the molecule is CC(C)NC(=O)OC(=O)I. The highest BCUT2D eigenvalue weighted by Crippen LogP contribution is 1.92. The first-order chi connectivity index (χ1) is 4.52. The minimum Gasteiger partial charge on any atom is -0.368 e. The van der Waals surface area contributed by atoms with Gasteiger partial charge in [0, 0.05) is 6.04 Å². The lowest BCUT2D eigenvalue weighted by Gasteiger charge is -2.04. The number of ether oxygens (including phenoxy) is 1. The largest absolute Gasteiger partial charge is 0.415 e. The quantitative estimate of drug-likeness (QED) is 0.441. The van der Waals surface area contributed by atoms with Gasteiger partial charge >= 0.3 is 10.1 Å². The fraction of sp³-hybridized carbons (Fsp3) is 0.600. The Bertz CT molecular complexity index is 146. The second-order valence-corrected chi connectivity index (χ2v) is 2.81. The van der Waals surface area contributed by atoms with Gasteiger partial charge in [0.2, 0.25) is 0 Å². The Morgan fingerprint density at radius 1 is 1.50 bits per heavy atom. The van der Waals surface area contributed by atoms with Crippen LogP contribution in [0.3, 0.4) is 0 Å². The van der Waals surface area contributed by atoms with Crippen LogP contribution in [0.25, 0.3) is 0 Å². The number of hydrogen-bond acceptors (Lipinski definition) is 3. The zero-order valence-electron chi connectivity index (χ0n) is 5.68. The van der Waals surface area contributed by atoms with Crippen molar-refractivity contribution in [2.24, 2.45) is 0 Å². The Hall–Kier alpha value is -0.330. The molecular formula is C5H8INO3. The Morgan fingerprint density at radius 2 is 2.00 bits per heavy atom. The average Bonchev–Trinajstić information content (AvgIpc) is 1.58. The van der Waals surface area contributed by atoms with Crippen molar-refractivity contribution in [1.29, 1.82) is 0 Å². The molecule has 0 spiro atoms. The van der Waals surface area contributed by atoms with E-state index in [0.717, 1.165) is 0 Å². The zero-order valence-corrected chi connectivity index (χ0v) is 7.84. The highest BCUT2D eigenvalue weighted by Gasteiger charge is 2.06. The molecule has 1 N–H and O–H groups in total. The van der Waals surface area contributed by atoms with Crippen molar-refractivity contribution in [2.45, 2.75) is 19.9 Å². The first kappa shape index (κ1) is 9.67. The fourth-order valence-corrected chi connectivity index (χ4v) is 0.538. The van der Waals surface area contributed by atoms with E-state index in [1.165, 1.54) is 22.6 Å². The number of hydrogen-bond donors (Lipinski definition) is 1. The predicted octanol–water partition coefficient (Wildman–Crippen LogP) is 1.68. The normalized spacial score (nSPS) is 9.20. The van der Waals surface area contributed by atoms with Crippen LogP contribution in [0.1, 0.15) is 13.8 Å². The summed E-state index contributed by atoms with van der Waals surface area (Å²) in [6.07, 6.45) is -0.700. The molecular weight excluding hydrogens is 249 g/mol. The fourth-order valence-electron chi connectivity index (χ4n) is 0.338. The molecule has 0 aliphatic rings. The molecule has 5 heteroatoms. The summed E-state index contributed by atoms with van der Waals surface area (Å²) in [6, 6.07) is -0.0109. The molecule has 0 heterocycles. The minimum atomic E-state index is -0.700. The third kappa shape index (κ3) is 5.80. The molecule has 0 aromatic heterocycles. The van der Waals surface area contributed by atoms with E-state index in [1.807, 2.05) is 0 Å². The van der Waals surface area contributed by atoms with Crippen LogP contribution in [0.15, 0.2) is 0 Å². The van der Waals surface area contributed by atoms with Crippen LogP contribution in [0.5, 0.6) is 0 Å². The van der Waals surface area contributed by atoms with Crippen molar-refractivity contribution in [3.05, 3.63) is 0 Å². The number of alkyl carbamates (subject to hydrolysis) is 1. The molecule has 0 unspecified atom stereocenters. The third-order valence-corrected chi connectivity index (χ3v) is 0.800.